The summed E-state index contributed by atoms with van der Waals surface area (Å²) in [6.45, 7) is -0.0214. The van der Waals surface area contributed by atoms with Crippen LogP contribution in [0.4, 0.5) is 0 Å². The topological polar surface area (TPSA) is 71.0 Å². The molecule has 8 aromatic carbocycles. The van der Waals surface area contributed by atoms with Crippen molar-refractivity contribution in [2.24, 2.45) is 0 Å². The predicted molar refractivity (Wildman–Crippen MR) is 183 cm³/mol. The third-order valence-corrected chi connectivity index (χ3v) is 10.4. The van der Waals surface area contributed by atoms with Crippen molar-refractivity contribution in [1.29, 1.82) is 0 Å². The lowest BCUT2D eigenvalue weighted by molar-refractivity contribution is 0.125. The fraction of sp³-hybridized carbons (Fsp3) is 0.0244. The van der Waals surface area contributed by atoms with Crippen LogP contribution in [0.5, 0.6) is 11.5 Å². The van der Waals surface area contributed by atoms with Crippen LogP contribution in [0.25, 0.3) is 121 Å². The molecule has 0 amide bonds. The smallest absolute Gasteiger partial charge is 0.231 e. The molecule has 0 radical (unpaired) electrons. The Morgan fingerprint density at radius 3 is 1.28 bits per heavy atom. The highest BCUT2D eigenvalue weighted by molar-refractivity contribution is 6.32. The predicted octanol–water partition coefficient (Wildman–Crippen LogP) is 11.8. The van der Waals surface area contributed by atoms with Gasteiger partial charge in [0.1, 0.15) is 33.5 Å². The number of hydrogen-bond donors (Lipinski definition) is 0. The lowest BCUT2D eigenvalue weighted by Crippen LogP contribution is -2.05. The summed E-state index contributed by atoms with van der Waals surface area (Å²) in [6.07, 6.45) is 0. The van der Waals surface area contributed by atoms with Crippen molar-refractivity contribution in [2.75, 3.05) is 6.79 Å². The summed E-state index contributed by atoms with van der Waals surface area (Å²) in [6, 6.07) is 32.9. The zero-order valence-electron chi connectivity index (χ0n) is 24.4. The van der Waals surface area contributed by atoms with Gasteiger partial charge in [-0.1, -0.05) is 60.7 Å². The summed E-state index contributed by atoms with van der Waals surface area (Å²) in [4.78, 5) is 0. The van der Waals surface area contributed by atoms with E-state index in [2.05, 4.69) is 36.4 Å². The molecule has 6 heteroatoms. The molecule has 0 saturated heterocycles. The van der Waals surface area contributed by atoms with Gasteiger partial charge in [-0.2, -0.15) is 0 Å². The second-order valence-corrected chi connectivity index (χ2v) is 12.6. The average molecular weight is 607 g/mol. The van der Waals surface area contributed by atoms with Gasteiger partial charge in [-0.3, -0.25) is 0 Å². The zero-order valence-corrected chi connectivity index (χ0v) is 24.4. The Bertz CT molecular complexity index is 3000. The monoisotopic (exact) mass is 606 g/mol. The van der Waals surface area contributed by atoms with Crippen molar-refractivity contribution < 1.29 is 27.1 Å². The van der Waals surface area contributed by atoms with E-state index < -0.39 is 0 Å². The lowest BCUT2D eigenvalue weighted by Gasteiger charge is -2.24. The maximum Gasteiger partial charge on any atom is 0.231 e. The quantitative estimate of drug-likeness (QED) is 0.126. The molecule has 0 N–H and O–H groups in total. The Kier molecular flexibility index (Phi) is 3.68. The average Bonchev–Trinajstić information content (AvgIpc) is 3.32. The third-order valence-electron chi connectivity index (χ3n) is 10.4. The Morgan fingerprint density at radius 1 is 0.340 bits per heavy atom. The fourth-order valence-electron chi connectivity index (χ4n) is 8.63. The van der Waals surface area contributed by atoms with Gasteiger partial charge in [0, 0.05) is 54.9 Å². The summed E-state index contributed by atoms with van der Waals surface area (Å²) in [5.41, 5.74) is 11.8. The van der Waals surface area contributed by atoms with Crippen LogP contribution in [0.3, 0.4) is 0 Å². The highest BCUT2D eigenvalue weighted by Crippen LogP contribution is 2.60. The molecule has 0 unspecified atom stereocenters. The summed E-state index contributed by atoms with van der Waals surface area (Å²) in [7, 11) is 0. The van der Waals surface area contributed by atoms with E-state index in [1.165, 1.54) is 0 Å². The first kappa shape index (κ1) is 23.0. The van der Waals surface area contributed by atoms with Gasteiger partial charge in [-0.15, -0.1) is 0 Å². The number of fused-ring (bicyclic) bond motifs is 7. The second kappa shape index (κ2) is 7.52. The van der Waals surface area contributed by atoms with Crippen molar-refractivity contribution in [3.63, 3.8) is 0 Å². The Balaban J connectivity index is 1.32. The van der Waals surface area contributed by atoms with E-state index in [4.69, 9.17) is 27.1 Å². The van der Waals surface area contributed by atoms with E-state index in [9.17, 15) is 0 Å². The molecule has 0 fully saturated rings. The SMILES string of the molecule is c1cc2ccc3oc4cccc5c6c(c7oc(c1)c2c3-c7c45)OCOc1c-6c2cccc3oc4ccc5cccc6oc1c(c32)-c4c56. The summed E-state index contributed by atoms with van der Waals surface area (Å²) < 4.78 is 40.3. The first-order valence-electron chi connectivity index (χ1n) is 15.7. The van der Waals surface area contributed by atoms with E-state index in [0.717, 1.165) is 110 Å². The molecule has 5 heterocycles. The molecule has 0 aromatic heterocycles. The molecule has 218 valence electrons. The van der Waals surface area contributed by atoms with Crippen molar-refractivity contribution in [3.05, 3.63) is 97.1 Å². The van der Waals surface area contributed by atoms with Crippen LogP contribution in [-0.4, -0.2) is 6.79 Å². The number of ether oxygens (including phenoxy) is 2. The van der Waals surface area contributed by atoms with Gasteiger partial charge in [-0.05, 0) is 57.9 Å². The van der Waals surface area contributed by atoms with Gasteiger partial charge in [0.2, 0.25) is 6.79 Å². The molecule has 5 aliphatic heterocycles. The molecule has 8 aromatic rings. The van der Waals surface area contributed by atoms with Crippen LogP contribution < -0.4 is 9.47 Å². The maximum atomic E-state index is 6.86. The van der Waals surface area contributed by atoms with Gasteiger partial charge in [0.05, 0.1) is 0 Å². The molecule has 47 heavy (non-hydrogen) atoms. The fourth-order valence-corrected chi connectivity index (χ4v) is 8.63. The van der Waals surface area contributed by atoms with E-state index in [1.54, 1.807) is 0 Å². The molecule has 6 nitrogen and oxygen atoms in total. The Morgan fingerprint density at radius 2 is 0.787 bits per heavy atom. The second-order valence-electron chi connectivity index (χ2n) is 12.6. The van der Waals surface area contributed by atoms with Gasteiger partial charge >= 0.3 is 0 Å². The molecule has 0 atom stereocenters. The zero-order chi connectivity index (χ0) is 30.1. The molecule has 0 aliphatic carbocycles. The minimum atomic E-state index is -0.0214. The molecule has 0 spiro atoms. The van der Waals surface area contributed by atoms with Crippen molar-refractivity contribution in [1.82, 2.24) is 0 Å². The number of rotatable bonds is 0. The highest BCUT2D eigenvalue weighted by atomic mass is 16.7. The largest absolute Gasteiger partial charge is 0.456 e. The van der Waals surface area contributed by atoms with E-state index in [0.29, 0.717) is 22.7 Å². The van der Waals surface area contributed by atoms with E-state index in [1.807, 2.05) is 60.7 Å². The van der Waals surface area contributed by atoms with Crippen LogP contribution in [0.2, 0.25) is 0 Å². The number of hydrogen-bond acceptors (Lipinski definition) is 6. The molecule has 0 saturated carbocycles. The first-order valence-corrected chi connectivity index (χ1v) is 15.7. The summed E-state index contributed by atoms with van der Waals surface area (Å²) in [5.74, 6) is 1.26. The lowest BCUT2D eigenvalue weighted by atomic mass is 9.83. The number of benzene rings is 8. The standard InChI is InChI=1S/C41H18O6/c1-5-18-13-15-26-34-28(18)22(9-1)46-40-36(34)30-20(7-3-11-24(30)44-26)32-33-21-8-4-12-25-31(21)37-35-27(45-25)16-14-19-6-2-10-23(29(19)35)47-41(37)39(33)43-17-42-38(32)40/h1-16H,17H2. The van der Waals surface area contributed by atoms with Gasteiger partial charge in [-0.25, -0.2) is 0 Å². The summed E-state index contributed by atoms with van der Waals surface area (Å²) in [5, 5.41) is 8.21. The van der Waals surface area contributed by atoms with Gasteiger partial charge in [0.15, 0.2) is 22.7 Å². The summed E-state index contributed by atoms with van der Waals surface area (Å²) >= 11 is 0. The van der Waals surface area contributed by atoms with Crippen molar-refractivity contribution in [3.8, 4) is 44.9 Å². The minimum absolute atomic E-state index is 0.0214. The van der Waals surface area contributed by atoms with Crippen LogP contribution in [0.1, 0.15) is 0 Å². The first-order chi connectivity index (χ1) is 23.3. The van der Waals surface area contributed by atoms with Crippen LogP contribution in [0.15, 0.2) is 115 Å². The molecule has 13 rings (SSSR count). The van der Waals surface area contributed by atoms with Crippen molar-refractivity contribution >= 4 is 87.8 Å². The van der Waals surface area contributed by atoms with Gasteiger partial charge in [0.25, 0.3) is 0 Å². The van der Waals surface area contributed by atoms with E-state index in [-0.39, 0.29) is 6.79 Å². The van der Waals surface area contributed by atoms with Crippen LogP contribution in [0, 0.1) is 0 Å². The molecular weight excluding hydrogens is 588 g/mol. The van der Waals surface area contributed by atoms with Crippen molar-refractivity contribution in [2.45, 2.75) is 0 Å². The van der Waals surface area contributed by atoms with Gasteiger partial charge < -0.3 is 27.1 Å². The normalized spacial score (nSPS) is 13.8. The molecule has 0 bridgehead atoms. The maximum absolute atomic E-state index is 6.86. The molecule has 5 aliphatic rings. The Labute approximate surface area is 263 Å². The Hall–Kier alpha value is -6.40. The highest BCUT2D eigenvalue weighted by Gasteiger charge is 2.36. The van der Waals surface area contributed by atoms with E-state index >= 15 is 0 Å². The minimum Gasteiger partial charge on any atom is -0.456 e. The molecular formula is C41H18O6. The van der Waals surface area contributed by atoms with Crippen LogP contribution >= 0.6 is 0 Å². The third kappa shape index (κ3) is 2.50. The van der Waals surface area contributed by atoms with Crippen LogP contribution in [-0.2, 0) is 0 Å².